The van der Waals surface area contributed by atoms with E-state index in [2.05, 4.69) is 15.8 Å². The summed E-state index contributed by atoms with van der Waals surface area (Å²) in [6.07, 6.45) is 1.41. The van der Waals surface area contributed by atoms with Crippen molar-refractivity contribution in [1.82, 2.24) is 10.7 Å². The Hall–Kier alpha value is -3.88. The fourth-order valence-corrected chi connectivity index (χ4v) is 2.93. The van der Waals surface area contributed by atoms with Gasteiger partial charge in [0.1, 0.15) is 11.5 Å². The number of esters is 1. The summed E-state index contributed by atoms with van der Waals surface area (Å²) in [5.41, 5.74) is 3.63. The zero-order chi connectivity index (χ0) is 24.5. The molecule has 8 nitrogen and oxygen atoms in total. The van der Waals surface area contributed by atoms with E-state index in [4.69, 9.17) is 32.7 Å². The zero-order valence-corrected chi connectivity index (χ0v) is 19.4. The van der Waals surface area contributed by atoms with Crippen molar-refractivity contribution in [3.63, 3.8) is 0 Å². The molecule has 0 bridgehead atoms. The van der Waals surface area contributed by atoms with Gasteiger partial charge in [-0.3, -0.25) is 9.59 Å². The Labute approximate surface area is 205 Å². The molecular weight excluding hydrogens is 481 g/mol. The summed E-state index contributed by atoms with van der Waals surface area (Å²) in [4.78, 5) is 36.1. The molecule has 0 aliphatic rings. The molecule has 0 atom stereocenters. The van der Waals surface area contributed by atoms with E-state index in [-0.39, 0.29) is 17.1 Å². The van der Waals surface area contributed by atoms with E-state index in [1.807, 2.05) is 0 Å². The van der Waals surface area contributed by atoms with Crippen molar-refractivity contribution in [3.8, 4) is 11.5 Å². The van der Waals surface area contributed by atoms with Gasteiger partial charge in [-0.25, -0.2) is 10.2 Å². The first kappa shape index (κ1) is 24.8. The van der Waals surface area contributed by atoms with Crippen LogP contribution in [0.5, 0.6) is 11.5 Å². The number of hydrogen-bond donors (Lipinski definition) is 2. The number of hydrogen-bond acceptors (Lipinski definition) is 6. The third kappa shape index (κ3) is 7.06. The van der Waals surface area contributed by atoms with Crippen molar-refractivity contribution in [2.45, 2.75) is 0 Å². The van der Waals surface area contributed by atoms with Gasteiger partial charge in [-0.2, -0.15) is 5.10 Å². The van der Waals surface area contributed by atoms with Gasteiger partial charge in [0.25, 0.3) is 11.8 Å². The second kappa shape index (κ2) is 11.8. The fraction of sp³-hybridized carbons (Fsp3) is 0.0833. The van der Waals surface area contributed by atoms with Gasteiger partial charge in [0.15, 0.2) is 0 Å². The minimum atomic E-state index is -0.519. The summed E-state index contributed by atoms with van der Waals surface area (Å²) in [7, 11) is 1.54. The van der Waals surface area contributed by atoms with Crippen LogP contribution < -0.4 is 20.2 Å². The van der Waals surface area contributed by atoms with Gasteiger partial charge in [-0.1, -0.05) is 23.2 Å². The SMILES string of the molecule is COc1ccc(C(=O)Oc2ccc(/C=N\NC(=O)CNC(=O)c3ccc(Cl)c(Cl)c3)cc2)cc1. The Balaban J connectivity index is 1.45. The van der Waals surface area contributed by atoms with Crippen molar-refractivity contribution in [2.75, 3.05) is 13.7 Å². The highest BCUT2D eigenvalue weighted by molar-refractivity contribution is 6.42. The number of amides is 2. The van der Waals surface area contributed by atoms with E-state index >= 15 is 0 Å². The molecule has 0 saturated carbocycles. The Morgan fingerprint density at radius 1 is 0.882 bits per heavy atom. The number of halogens is 2. The molecule has 0 aliphatic heterocycles. The number of rotatable bonds is 8. The lowest BCUT2D eigenvalue weighted by Crippen LogP contribution is -2.34. The lowest BCUT2D eigenvalue weighted by molar-refractivity contribution is -0.120. The molecule has 2 amide bonds. The summed E-state index contributed by atoms with van der Waals surface area (Å²) >= 11 is 11.7. The van der Waals surface area contributed by atoms with Crippen LogP contribution >= 0.6 is 23.2 Å². The number of hydrazone groups is 1. The normalized spacial score (nSPS) is 10.6. The number of methoxy groups -OCH3 is 1. The number of nitrogens with zero attached hydrogens (tertiary/aromatic N) is 1. The summed E-state index contributed by atoms with van der Waals surface area (Å²) in [5, 5.41) is 6.86. The molecule has 0 fully saturated rings. The van der Waals surface area contributed by atoms with Crippen LogP contribution in [0.25, 0.3) is 0 Å². The average Bonchev–Trinajstić information content (AvgIpc) is 2.85. The molecule has 0 aliphatic carbocycles. The average molecular weight is 500 g/mol. The minimum absolute atomic E-state index is 0.241. The minimum Gasteiger partial charge on any atom is -0.497 e. The quantitative estimate of drug-likeness (QED) is 0.210. The van der Waals surface area contributed by atoms with E-state index < -0.39 is 17.8 Å². The molecular formula is C24H19Cl2N3O5. The van der Waals surface area contributed by atoms with Crippen LogP contribution in [0.1, 0.15) is 26.3 Å². The van der Waals surface area contributed by atoms with Crippen LogP contribution in [0.3, 0.4) is 0 Å². The smallest absolute Gasteiger partial charge is 0.343 e. The third-order valence-corrected chi connectivity index (χ3v) is 5.15. The molecule has 0 saturated heterocycles. The molecule has 0 unspecified atom stereocenters. The van der Waals surface area contributed by atoms with Crippen LogP contribution in [0, 0.1) is 0 Å². The van der Waals surface area contributed by atoms with Crippen molar-refractivity contribution in [3.05, 3.63) is 93.5 Å². The molecule has 174 valence electrons. The molecule has 3 aromatic rings. The van der Waals surface area contributed by atoms with Crippen LogP contribution in [0.4, 0.5) is 0 Å². The van der Waals surface area contributed by atoms with Crippen molar-refractivity contribution in [2.24, 2.45) is 5.10 Å². The Bertz CT molecular complexity index is 1210. The van der Waals surface area contributed by atoms with Crippen molar-refractivity contribution >= 4 is 47.2 Å². The van der Waals surface area contributed by atoms with Crippen LogP contribution in [0.2, 0.25) is 10.0 Å². The molecule has 34 heavy (non-hydrogen) atoms. The number of ether oxygens (including phenoxy) is 2. The van der Waals surface area contributed by atoms with Gasteiger partial charge in [0, 0.05) is 5.56 Å². The second-order valence-corrected chi connectivity index (χ2v) is 7.61. The Morgan fingerprint density at radius 2 is 1.53 bits per heavy atom. The largest absolute Gasteiger partial charge is 0.497 e. The van der Waals surface area contributed by atoms with E-state index in [0.29, 0.717) is 27.6 Å². The lowest BCUT2D eigenvalue weighted by atomic mass is 10.2. The first-order valence-electron chi connectivity index (χ1n) is 9.87. The third-order valence-electron chi connectivity index (χ3n) is 4.41. The molecule has 0 aromatic heterocycles. The predicted octanol–water partition coefficient (Wildman–Crippen LogP) is 4.10. The molecule has 0 heterocycles. The summed E-state index contributed by atoms with van der Waals surface area (Å²) in [5.74, 6) is -0.500. The van der Waals surface area contributed by atoms with Gasteiger partial charge < -0.3 is 14.8 Å². The topological polar surface area (TPSA) is 106 Å². The number of benzene rings is 3. The van der Waals surface area contributed by atoms with Crippen LogP contribution in [-0.2, 0) is 4.79 Å². The monoisotopic (exact) mass is 499 g/mol. The molecule has 3 rings (SSSR count). The maximum atomic E-state index is 12.2. The molecule has 3 aromatic carbocycles. The maximum absolute atomic E-state index is 12.2. The zero-order valence-electron chi connectivity index (χ0n) is 17.9. The number of carbonyl (C=O) groups is 3. The Morgan fingerprint density at radius 3 is 2.18 bits per heavy atom. The number of carbonyl (C=O) groups excluding carboxylic acids is 3. The summed E-state index contributed by atoms with van der Waals surface area (Å²) in [6, 6.07) is 17.5. The van der Waals surface area contributed by atoms with E-state index in [0.717, 1.165) is 0 Å². The van der Waals surface area contributed by atoms with Crippen molar-refractivity contribution in [1.29, 1.82) is 0 Å². The van der Waals surface area contributed by atoms with Gasteiger partial charge in [-0.15, -0.1) is 0 Å². The lowest BCUT2D eigenvalue weighted by Gasteiger charge is -2.06. The standard InChI is InChI=1S/C24H19Cl2N3O5/c1-33-18-9-4-16(5-10-18)24(32)34-19-7-2-15(3-8-19)13-28-29-22(30)14-27-23(31)17-6-11-20(25)21(26)12-17/h2-13H,14H2,1H3,(H,27,31)(H,29,30)/b28-13-. The highest BCUT2D eigenvalue weighted by Crippen LogP contribution is 2.22. The van der Waals surface area contributed by atoms with E-state index in [1.54, 1.807) is 55.6 Å². The van der Waals surface area contributed by atoms with Gasteiger partial charge in [-0.05, 0) is 72.3 Å². The van der Waals surface area contributed by atoms with Crippen LogP contribution in [0.15, 0.2) is 71.8 Å². The maximum Gasteiger partial charge on any atom is 0.343 e. The first-order chi connectivity index (χ1) is 16.4. The molecule has 2 N–H and O–H groups in total. The first-order valence-corrected chi connectivity index (χ1v) is 10.6. The molecule has 0 radical (unpaired) electrons. The second-order valence-electron chi connectivity index (χ2n) is 6.79. The van der Waals surface area contributed by atoms with Gasteiger partial charge in [0.05, 0.1) is 35.5 Å². The van der Waals surface area contributed by atoms with E-state index in [1.165, 1.54) is 24.4 Å². The van der Waals surface area contributed by atoms with Gasteiger partial charge in [0.2, 0.25) is 0 Å². The summed E-state index contributed by atoms with van der Waals surface area (Å²) in [6.45, 7) is -0.281. The van der Waals surface area contributed by atoms with Crippen molar-refractivity contribution < 1.29 is 23.9 Å². The Kier molecular flexibility index (Phi) is 8.61. The number of nitrogens with one attached hydrogen (secondary N) is 2. The predicted molar refractivity (Wildman–Crippen MR) is 129 cm³/mol. The fourth-order valence-electron chi connectivity index (χ4n) is 2.63. The summed E-state index contributed by atoms with van der Waals surface area (Å²) < 4.78 is 10.4. The highest BCUT2D eigenvalue weighted by atomic mass is 35.5. The van der Waals surface area contributed by atoms with Gasteiger partial charge >= 0.3 is 5.97 Å². The van der Waals surface area contributed by atoms with E-state index in [9.17, 15) is 14.4 Å². The highest BCUT2D eigenvalue weighted by Gasteiger charge is 2.10. The molecule has 0 spiro atoms. The van der Waals surface area contributed by atoms with Crippen LogP contribution in [-0.4, -0.2) is 37.7 Å². The molecule has 10 heteroatoms.